The maximum absolute atomic E-state index is 10.4. The van der Waals surface area contributed by atoms with Gasteiger partial charge in [0.25, 0.3) is 0 Å². The summed E-state index contributed by atoms with van der Waals surface area (Å²) < 4.78 is 6.96. The number of hydrogen-bond acceptors (Lipinski definition) is 4. The molecule has 6 nitrogen and oxygen atoms in total. The molecule has 0 spiro atoms. The van der Waals surface area contributed by atoms with Crippen LogP contribution in [0.2, 0.25) is 0 Å². The van der Waals surface area contributed by atoms with E-state index >= 15 is 0 Å². The van der Waals surface area contributed by atoms with E-state index in [1.54, 1.807) is 0 Å². The van der Waals surface area contributed by atoms with E-state index < -0.39 is 4.92 Å². The van der Waals surface area contributed by atoms with Gasteiger partial charge in [-0.05, 0) is 19.3 Å². The molecule has 1 aromatic rings. The molecule has 0 unspecified atom stereocenters. The van der Waals surface area contributed by atoms with Crippen LogP contribution in [0.15, 0.2) is 12.4 Å². The highest BCUT2D eigenvalue weighted by atomic mass is 16.6. The molecule has 2 rings (SSSR count). The van der Waals surface area contributed by atoms with E-state index in [1.807, 2.05) is 0 Å². The Hall–Kier alpha value is -1.43. The highest BCUT2D eigenvalue weighted by molar-refractivity contribution is 5.20. The Kier molecular flexibility index (Phi) is 2.45. The second kappa shape index (κ2) is 3.75. The van der Waals surface area contributed by atoms with Crippen LogP contribution in [0.4, 0.5) is 5.69 Å². The first kappa shape index (κ1) is 9.14. The predicted octanol–water partition coefficient (Wildman–Crippen LogP) is 1.49. The largest absolute Gasteiger partial charge is 0.357 e. The summed E-state index contributed by atoms with van der Waals surface area (Å²) in [5, 5.41) is 14.3. The zero-order valence-corrected chi connectivity index (χ0v) is 7.63. The monoisotopic (exact) mass is 197 g/mol. The summed E-state index contributed by atoms with van der Waals surface area (Å²) in [5.41, 5.74) is 0.0131. The summed E-state index contributed by atoms with van der Waals surface area (Å²) >= 11 is 0. The highest BCUT2D eigenvalue weighted by Gasteiger charge is 2.18. The lowest BCUT2D eigenvalue weighted by Gasteiger charge is -2.22. The van der Waals surface area contributed by atoms with Gasteiger partial charge in [0.1, 0.15) is 18.6 Å². The topological polar surface area (TPSA) is 70.2 Å². The number of rotatable bonds is 2. The first-order chi connectivity index (χ1) is 6.77. The van der Waals surface area contributed by atoms with Gasteiger partial charge in [0.15, 0.2) is 0 Å². The minimum Gasteiger partial charge on any atom is -0.357 e. The summed E-state index contributed by atoms with van der Waals surface area (Å²) in [7, 11) is 0. The third-order valence-corrected chi connectivity index (χ3v) is 2.25. The molecule has 6 heteroatoms. The molecule has 1 aliphatic rings. The van der Waals surface area contributed by atoms with Gasteiger partial charge in [-0.2, -0.15) is 5.10 Å². The molecular formula is C8H11N3O3. The third-order valence-electron chi connectivity index (χ3n) is 2.25. The second-order valence-electron chi connectivity index (χ2n) is 3.26. The Balaban J connectivity index is 2.11. The maximum atomic E-state index is 10.4. The summed E-state index contributed by atoms with van der Waals surface area (Å²) in [5.74, 6) is 0. The van der Waals surface area contributed by atoms with Gasteiger partial charge in [0, 0.05) is 6.61 Å². The standard InChI is InChI=1S/C8H11N3O3/c12-11(13)7-5-9-10(6-7)8-3-1-2-4-14-8/h5-6,8H,1-4H2/t8-/m1/s1. The van der Waals surface area contributed by atoms with Crippen LogP contribution in [0.1, 0.15) is 25.5 Å². The van der Waals surface area contributed by atoms with Crippen LogP contribution in [0.25, 0.3) is 0 Å². The van der Waals surface area contributed by atoms with Crippen LogP contribution in [-0.2, 0) is 4.74 Å². The summed E-state index contributed by atoms with van der Waals surface area (Å²) in [6, 6.07) is 0. The van der Waals surface area contributed by atoms with Crippen LogP contribution in [0, 0.1) is 10.1 Å². The van der Waals surface area contributed by atoms with Gasteiger partial charge in [-0.25, -0.2) is 4.68 Å². The van der Waals surface area contributed by atoms with Crippen molar-refractivity contribution in [2.24, 2.45) is 0 Å². The van der Waals surface area contributed by atoms with Crippen LogP contribution in [0.3, 0.4) is 0 Å². The molecule has 1 saturated heterocycles. The van der Waals surface area contributed by atoms with E-state index in [4.69, 9.17) is 4.74 Å². The van der Waals surface area contributed by atoms with Crippen molar-refractivity contribution < 1.29 is 9.66 Å². The molecule has 0 radical (unpaired) electrons. The fourth-order valence-corrected chi connectivity index (χ4v) is 1.51. The Morgan fingerprint density at radius 3 is 3.07 bits per heavy atom. The summed E-state index contributed by atoms with van der Waals surface area (Å²) in [6.45, 7) is 0.707. The maximum Gasteiger partial charge on any atom is 0.307 e. The van der Waals surface area contributed by atoms with E-state index in [0.29, 0.717) is 6.61 Å². The normalized spacial score (nSPS) is 22.1. The average molecular weight is 197 g/mol. The van der Waals surface area contributed by atoms with Gasteiger partial charge in [-0.15, -0.1) is 0 Å². The zero-order valence-electron chi connectivity index (χ0n) is 7.63. The smallest absolute Gasteiger partial charge is 0.307 e. The van der Waals surface area contributed by atoms with Gasteiger partial charge in [-0.3, -0.25) is 10.1 Å². The van der Waals surface area contributed by atoms with Crippen molar-refractivity contribution in [2.45, 2.75) is 25.5 Å². The molecule has 0 N–H and O–H groups in total. The fraction of sp³-hybridized carbons (Fsp3) is 0.625. The lowest BCUT2D eigenvalue weighted by molar-refractivity contribution is -0.385. The number of ether oxygens (including phenoxy) is 1. The van der Waals surface area contributed by atoms with Crippen molar-refractivity contribution in [1.82, 2.24) is 9.78 Å². The van der Waals surface area contributed by atoms with Crippen molar-refractivity contribution >= 4 is 5.69 Å². The Bertz CT molecular complexity index is 330. The predicted molar refractivity (Wildman–Crippen MR) is 47.7 cm³/mol. The molecule has 1 atom stereocenters. The minimum absolute atomic E-state index is 0.0131. The average Bonchev–Trinajstić information content (AvgIpc) is 2.68. The molecule has 2 heterocycles. The van der Waals surface area contributed by atoms with Crippen molar-refractivity contribution in [3.63, 3.8) is 0 Å². The van der Waals surface area contributed by atoms with Crippen LogP contribution in [0.5, 0.6) is 0 Å². The van der Waals surface area contributed by atoms with E-state index in [2.05, 4.69) is 5.10 Å². The van der Waals surface area contributed by atoms with Crippen molar-refractivity contribution in [2.75, 3.05) is 6.61 Å². The first-order valence-corrected chi connectivity index (χ1v) is 4.57. The Morgan fingerprint density at radius 2 is 2.50 bits per heavy atom. The minimum atomic E-state index is -0.452. The van der Waals surface area contributed by atoms with Crippen LogP contribution in [-0.4, -0.2) is 21.3 Å². The number of nitro groups is 1. The van der Waals surface area contributed by atoms with E-state index in [0.717, 1.165) is 19.3 Å². The zero-order chi connectivity index (χ0) is 9.97. The molecule has 76 valence electrons. The molecule has 1 aromatic heterocycles. The van der Waals surface area contributed by atoms with E-state index in [9.17, 15) is 10.1 Å². The Morgan fingerprint density at radius 1 is 1.64 bits per heavy atom. The van der Waals surface area contributed by atoms with Gasteiger partial charge in [0.05, 0.1) is 4.92 Å². The fourth-order valence-electron chi connectivity index (χ4n) is 1.51. The molecule has 1 fully saturated rings. The van der Waals surface area contributed by atoms with Crippen molar-refractivity contribution in [3.05, 3.63) is 22.5 Å². The molecule has 1 aliphatic heterocycles. The van der Waals surface area contributed by atoms with E-state index in [1.165, 1.54) is 17.1 Å². The number of aromatic nitrogens is 2. The second-order valence-corrected chi connectivity index (χ2v) is 3.26. The highest BCUT2D eigenvalue weighted by Crippen LogP contribution is 2.23. The molecule has 0 aromatic carbocycles. The van der Waals surface area contributed by atoms with E-state index in [-0.39, 0.29) is 11.9 Å². The van der Waals surface area contributed by atoms with Crippen LogP contribution >= 0.6 is 0 Å². The number of nitrogens with zero attached hydrogens (tertiary/aromatic N) is 3. The lowest BCUT2D eigenvalue weighted by Crippen LogP contribution is -2.18. The van der Waals surface area contributed by atoms with Gasteiger partial charge < -0.3 is 4.74 Å². The van der Waals surface area contributed by atoms with Crippen molar-refractivity contribution in [3.8, 4) is 0 Å². The van der Waals surface area contributed by atoms with Crippen LogP contribution < -0.4 is 0 Å². The lowest BCUT2D eigenvalue weighted by atomic mass is 10.2. The summed E-state index contributed by atoms with van der Waals surface area (Å²) in [4.78, 5) is 9.96. The quantitative estimate of drug-likeness (QED) is 0.532. The Labute approximate surface area is 80.6 Å². The third kappa shape index (κ3) is 1.74. The summed E-state index contributed by atoms with van der Waals surface area (Å²) in [6.07, 6.45) is 5.54. The molecule has 0 amide bonds. The van der Waals surface area contributed by atoms with Crippen molar-refractivity contribution in [1.29, 1.82) is 0 Å². The molecule has 14 heavy (non-hydrogen) atoms. The SMILES string of the molecule is O=[N+]([O-])c1cnn([C@H]2CCCCO2)c1. The molecule has 0 saturated carbocycles. The van der Waals surface area contributed by atoms with Gasteiger partial charge in [0.2, 0.25) is 0 Å². The molecular weight excluding hydrogens is 186 g/mol. The first-order valence-electron chi connectivity index (χ1n) is 4.57. The molecule has 0 bridgehead atoms. The van der Waals surface area contributed by atoms with Gasteiger partial charge >= 0.3 is 5.69 Å². The number of hydrogen-bond donors (Lipinski definition) is 0. The van der Waals surface area contributed by atoms with Gasteiger partial charge in [-0.1, -0.05) is 0 Å². The molecule has 0 aliphatic carbocycles.